The first-order valence-electron chi connectivity index (χ1n) is 5.76. The monoisotopic (exact) mass is 327 g/mol. The lowest BCUT2D eigenvalue weighted by Gasteiger charge is -2.06. The van der Waals surface area contributed by atoms with Gasteiger partial charge < -0.3 is 15.7 Å². The summed E-state index contributed by atoms with van der Waals surface area (Å²) in [6, 6.07) is 6.59. The minimum atomic E-state index is -1.04. The number of nitrogens with one attached hydrogen (secondary N) is 2. The molecular formula is C13H11Cl2N3O3. The van der Waals surface area contributed by atoms with Crippen LogP contribution in [0.15, 0.2) is 30.0 Å². The van der Waals surface area contributed by atoms with Crippen molar-refractivity contribution in [3.63, 3.8) is 0 Å². The molecule has 0 saturated carbocycles. The molecule has 0 radical (unpaired) electrons. The zero-order chi connectivity index (χ0) is 15.8. The number of nitriles is 1. The number of rotatable bonds is 6. The molecule has 1 rings (SSSR count). The highest BCUT2D eigenvalue weighted by Gasteiger charge is 2.10. The maximum Gasteiger partial charge on any atom is 0.305 e. The maximum atomic E-state index is 11.6. The summed E-state index contributed by atoms with van der Waals surface area (Å²) in [5.74, 6) is -1.72. The smallest absolute Gasteiger partial charge is 0.305 e. The van der Waals surface area contributed by atoms with Crippen molar-refractivity contribution in [2.45, 2.75) is 6.42 Å². The second kappa shape index (κ2) is 8.15. The second-order valence-electron chi connectivity index (χ2n) is 3.82. The summed E-state index contributed by atoms with van der Waals surface area (Å²) in [7, 11) is 0. The van der Waals surface area contributed by atoms with E-state index in [9.17, 15) is 9.59 Å². The lowest BCUT2D eigenvalue weighted by Crippen LogP contribution is -2.27. The number of amides is 1. The molecule has 8 heteroatoms. The SMILES string of the molecule is N#C/C(=C/Nc1cccc(Cl)c1Cl)C(=O)NCCC(=O)O. The Labute approximate surface area is 131 Å². The van der Waals surface area contributed by atoms with E-state index in [1.165, 1.54) is 6.20 Å². The van der Waals surface area contributed by atoms with Crippen LogP contribution in [0.5, 0.6) is 0 Å². The van der Waals surface area contributed by atoms with E-state index < -0.39 is 11.9 Å². The standard InChI is InChI=1S/C13H11Cl2N3O3/c14-9-2-1-3-10(12(9)15)18-7-8(6-16)13(21)17-5-4-11(19)20/h1-3,7,18H,4-5H2,(H,17,21)(H,19,20)/b8-7-. The highest BCUT2D eigenvalue weighted by molar-refractivity contribution is 6.43. The summed E-state index contributed by atoms with van der Waals surface area (Å²) in [6.45, 7) is -0.0644. The zero-order valence-corrected chi connectivity index (χ0v) is 12.2. The van der Waals surface area contributed by atoms with E-state index in [0.29, 0.717) is 10.7 Å². The van der Waals surface area contributed by atoms with E-state index >= 15 is 0 Å². The van der Waals surface area contributed by atoms with Crippen LogP contribution in [0.4, 0.5) is 5.69 Å². The van der Waals surface area contributed by atoms with Crippen LogP contribution in [0.2, 0.25) is 10.0 Å². The summed E-state index contributed by atoms with van der Waals surface area (Å²) >= 11 is 11.8. The molecular weight excluding hydrogens is 317 g/mol. The van der Waals surface area contributed by atoms with Gasteiger partial charge in [0.2, 0.25) is 0 Å². The number of carbonyl (C=O) groups excluding carboxylic acids is 1. The minimum Gasteiger partial charge on any atom is -0.481 e. The Bertz CT molecular complexity index is 624. The van der Waals surface area contributed by atoms with E-state index in [1.54, 1.807) is 24.3 Å². The number of aliphatic carboxylic acids is 1. The van der Waals surface area contributed by atoms with Crippen LogP contribution >= 0.6 is 23.2 Å². The Hall–Kier alpha value is -2.23. The quantitative estimate of drug-likeness (QED) is 0.550. The van der Waals surface area contributed by atoms with Gasteiger partial charge in [0.05, 0.1) is 22.2 Å². The first-order chi connectivity index (χ1) is 9.95. The van der Waals surface area contributed by atoms with Crippen molar-refractivity contribution in [3.8, 4) is 6.07 Å². The molecule has 6 nitrogen and oxygen atoms in total. The molecule has 1 amide bonds. The molecule has 21 heavy (non-hydrogen) atoms. The van der Waals surface area contributed by atoms with Crippen molar-refractivity contribution >= 4 is 40.8 Å². The van der Waals surface area contributed by atoms with Gasteiger partial charge in [0.15, 0.2) is 0 Å². The second-order valence-corrected chi connectivity index (χ2v) is 4.60. The highest BCUT2D eigenvalue weighted by atomic mass is 35.5. The molecule has 3 N–H and O–H groups in total. The number of halogens is 2. The van der Waals surface area contributed by atoms with Gasteiger partial charge in [-0.2, -0.15) is 5.26 Å². The van der Waals surface area contributed by atoms with Crippen LogP contribution in [0.1, 0.15) is 6.42 Å². The Balaban J connectivity index is 2.71. The Morgan fingerprint density at radius 3 is 2.71 bits per heavy atom. The lowest BCUT2D eigenvalue weighted by molar-refractivity contribution is -0.136. The van der Waals surface area contributed by atoms with E-state index in [4.69, 9.17) is 33.6 Å². The Morgan fingerprint density at radius 1 is 1.38 bits per heavy atom. The summed E-state index contributed by atoms with van der Waals surface area (Å²) in [6.07, 6.45) is 0.950. The average Bonchev–Trinajstić information content (AvgIpc) is 2.43. The van der Waals surface area contributed by atoms with Crippen molar-refractivity contribution in [1.82, 2.24) is 5.32 Å². The van der Waals surface area contributed by atoms with Gasteiger partial charge in [-0.3, -0.25) is 9.59 Å². The van der Waals surface area contributed by atoms with Crippen LogP contribution < -0.4 is 10.6 Å². The van der Waals surface area contributed by atoms with Crippen LogP contribution in [0, 0.1) is 11.3 Å². The molecule has 110 valence electrons. The molecule has 0 heterocycles. The molecule has 0 aliphatic carbocycles. The molecule has 1 aromatic carbocycles. The molecule has 0 spiro atoms. The van der Waals surface area contributed by atoms with Crippen LogP contribution in [-0.2, 0) is 9.59 Å². The molecule has 1 aromatic rings. The Kier molecular flexibility index (Phi) is 6.53. The van der Waals surface area contributed by atoms with E-state index in [0.717, 1.165) is 0 Å². The number of nitrogens with zero attached hydrogens (tertiary/aromatic N) is 1. The molecule has 0 aromatic heterocycles. The molecule has 0 atom stereocenters. The van der Waals surface area contributed by atoms with Gasteiger partial charge >= 0.3 is 5.97 Å². The van der Waals surface area contributed by atoms with Crippen molar-refractivity contribution in [3.05, 3.63) is 40.0 Å². The number of benzene rings is 1. The molecule has 0 aliphatic heterocycles. The molecule has 0 unspecified atom stereocenters. The van der Waals surface area contributed by atoms with Crippen molar-refractivity contribution in [1.29, 1.82) is 5.26 Å². The van der Waals surface area contributed by atoms with Gasteiger partial charge in [0.1, 0.15) is 11.6 Å². The van der Waals surface area contributed by atoms with Gasteiger partial charge in [-0.1, -0.05) is 29.3 Å². The lowest BCUT2D eigenvalue weighted by atomic mass is 10.2. The van der Waals surface area contributed by atoms with Crippen molar-refractivity contribution in [2.75, 3.05) is 11.9 Å². The third-order valence-electron chi connectivity index (χ3n) is 2.31. The average molecular weight is 328 g/mol. The van der Waals surface area contributed by atoms with Gasteiger partial charge in [0, 0.05) is 12.7 Å². The fourth-order valence-corrected chi connectivity index (χ4v) is 1.65. The minimum absolute atomic E-state index is 0.0644. The van der Waals surface area contributed by atoms with E-state index in [2.05, 4.69) is 10.6 Å². The third-order valence-corrected chi connectivity index (χ3v) is 3.13. The highest BCUT2D eigenvalue weighted by Crippen LogP contribution is 2.29. The Morgan fingerprint density at radius 2 is 2.10 bits per heavy atom. The number of hydrogen-bond donors (Lipinski definition) is 3. The predicted molar refractivity (Wildman–Crippen MR) is 79.0 cm³/mol. The number of carbonyl (C=O) groups is 2. The summed E-state index contributed by atoms with van der Waals surface area (Å²) in [4.78, 5) is 22.0. The first kappa shape index (κ1) is 16.8. The van der Waals surface area contributed by atoms with Gasteiger partial charge in [-0.15, -0.1) is 0 Å². The fraction of sp³-hybridized carbons (Fsp3) is 0.154. The normalized spacial score (nSPS) is 10.6. The number of carboxylic acids is 1. The first-order valence-corrected chi connectivity index (χ1v) is 6.52. The molecule has 0 aliphatic rings. The third kappa shape index (κ3) is 5.34. The summed E-state index contributed by atoms with van der Waals surface area (Å²) in [5.41, 5.74) is 0.228. The molecule has 0 bridgehead atoms. The van der Waals surface area contributed by atoms with Gasteiger partial charge in [-0.25, -0.2) is 0 Å². The number of hydrogen-bond acceptors (Lipinski definition) is 4. The van der Waals surface area contributed by atoms with Crippen molar-refractivity contribution < 1.29 is 14.7 Å². The van der Waals surface area contributed by atoms with Crippen molar-refractivity contribution in [2.24, 2.45) is 0 Å². The fourth-order valence-electron chi connectivity index (χ4n) is 1.29. The molecule has 0 fully saturated rings. The summed E-state index contributed by atoms with van der Waals surface area (Å²) in [5, 5.41) is 23.0. The van der Waals surface area contributed by atoms with Crippen LogP contribution in [-0.4, -0.2) is 23.5 Å². The van der Waals surface area contributed by atoms with E-state index in [-0.39, 0.29) is 23.6 Å². The predicted octanol–water partition coefficient (Wildman–Crippen LogP) is 2.40. The largest absolute Gasteiger partial charge is 0.481 e. The van der Waals surface area contributed by atoms with Gasteiger partial charge in [0.25, 0.3) is 5.91 Å². The summed E-state index contributed by atoms with van der Waals surface area (Å²) < 4.78 is 0. The maximum absolute atomic E-state index is 11.6. The number of anilines is 1. The van der Waals surface area contributed by atoms with E-state index in [1.807, 2.05) is 0 Å². The topological polar surface area (TPSA) is 102 Å². The van der Waals surface area contributed by atoms with Crippen LogP contribution in [0.3, 0.4) is 0 Å². The van der Waals surface area contributed by atoms with Gasteiger partial charge in [-0.05, 0) is 12.1 Å². The zero-order valence-electron chi connectivity index (χ0n) is 10.7. The number of carboxylic acid groups (broad SMARTS) is 1. The van der Waals surface area contributed by atoms with Crippen LogP contribution in [0.25, 0.3) is 0 Å². The molecule has 0 saturated heterocycles.